The summed E-state index contributed by atoms with van der Waals surface area (Å²) < 4.78 is 66.1. The number of ether oxygens (including phenoxy) is 2. The Bertz CT molecular complexity index is 1220. The number of nitrogens with one attached hydrogen (secondary N) is 2. The lowest BCUT2D eigenvalue weighted by Gasteiger charge is -2.25. The van der Waals surface area contributed by atoms with E-state index in [0.29, 0.717) is 29.0 Å². The molecule has 0 unspecified atom stereocenters. The van der Waals surface area contributed by atoms with Crippen molar-refractivity contribution in [3.05, 3.63) is 53.8 Å². The Morgan fingerprint density at radius 3 is 2.53 bits per heavy atom. The first-order valence-electron chi connectivity index (χ1n) is 12.5. The summed E-state index contributed by atoms with van der Waals surface area (Å²) in [5.74, 6) is -0.0642. The van der Waals surface area contributed by atoms with Crippen LogP contribution in [-0.2, 0) is 21.2 Å². The summed E-state index contributed by atoms with van der Waals surface area (Å²) in [4.78, 5) is 13.6. The van der Waals surface area contributed by atoms with Gasteiger partial charge in [-0.2, -0.15) is 0 Å². The van der Waals surface area contributed by atoms with Gasteiger partial charge in [-0.25, -0.2) is 26.7 Å². The molecule has 1 saturated heterocycles. The van der Waals surface area contributed by atoms with Crippen LogP contribution in [0.2, 0.25) is 0 Å². The number of nitrogens with zero attached hydrogens (tertiary/aromatic N) is 1. The summed E-state index contributed by atoms with van der Waals surface area (Å²) in [7, 11) is -2.44. The number of hydrogen-bond donors (Lipinski definition) is 2. The summed E-state index contributed by atoms with van der Waals surface area (Å²) >= 11 is 0. The molecule has 0 aliphatic carbocycles. The van der Waals surface area contributed by atoms with Crippen LogP contribution >= 0.6 is 0 Å². The van der Waals surface area contributed by atoms with Gasteiger partial charge in [0.05, 0.1) is 6.54 Å². The summed E-state index contributed by atoms with van der Waals surface area (Å²) in [6.45, 7) is 8.21. The third-order valence-corrected chi connectivity index (χ3v) is 7.21. The number of carbonyl (C=O) groups is 1. The smallest absolute Gasteiger partial charge is 0.410 e. The maximum absolute atomic E-state index is 15.8. The number of sulfonamides is 1. The van der Waals surface area contributed by atoms with Gasteiger partial charge in [0.2, 0.25) is 16.0 Å². The predicted molar refractivity (Wildman–Crippen MR) is 143 cm³/mol. The Hall–Kier alpha value is -2.76. The molecule has 0 bridgehead atoms. The molecule has 11 heteroatoms. The SMILES string of the molecule is C[C@H]1CN[C@@H](Cc2cccc(-c3ccccc3OCCN(C)C(=O)OC(C)(C)C)c2F)[C@H]1NS(=O)(=O)CF. The van der Waals surface area contributed by atoms with Crippen LogP contribution in [0.4, 0.5) is 13.6 Å². The summed E-state index contributed by atoms with van der Waals surface area (Å²) in [6, 6.07) is 9.64. The molecule has 1 fully saturated rings. The van der Waals surface area contributed by atoms with Crippen molar-refractivity contribution in [3.8, 4) is 16.9 Å². The van der Waals surface area contributed by atoms with E-state index in [2.05, 4.69) is 10.0 Å². The molecule has 1 amide bonds. The van der Waals surface area contributed by atoms with Gasteiger partial charge >= 0.3 is 6.09 Å². The zero-order valence-corrected chi connectivity index (χ0v) is 23.3. The molecule has 3 atom stereocenters. The number of halogens is 2. The van der Waals surface area contributed by atoms with Gasteiger partial charge in [-0.05, 0) is 51.3 Å². The van der Waals surface area contributed by atoms with E-state index in [1.807, 2.05) is 6.92 Å². The molecule has 1 aliphatic rings. The van der Waals surface area contributed by atoms with Crippen LogP contribution in [0.1, 0.15) is 33.3 Å². The Kier molecular flexibility index (Phi) is 9.72. The number of carbonyl (C=O) groups excluding carboxylic acids is 1. The molecule has 210 valence electrons. The quantitative estimate of drug-likeness (QED) is 0.460. The Morgan fingerprint density at radius 2 is 1.84 bits per heavy atom. The van der Waals surface area contributed by atoms with Gasteiger partial charge in [0.1, 0.15) is 23.8 Å². The molecule has 1 heterocycles. The normalized spacial score (nSPS) is 19.8. The third kappa shape index (κ3) is 7.87. The average molecular weight is 554 g/mol. The molecule has 0 spiro atoms. The van der Waals surface area contributed by atoms with Gasteiger partial charge in [-0.3, -0.25) is 0 Å². The zero-order valence-electron chi connectivity index (χ0n) is 22.5. The van der Waals surface area contributed by atoms with Gasteiger partial charge in [0.25, 0.3) is 0 Å². The van der Waals surface area contributed by atoms with Crippen molar-refractivity contribution in [1.29, 1.82) is 0 Å². The highest BCUT2D eigenvalue weighted by Gasteiger charge is 2.36. The Balaban J connectivity index is 1.74. The van der Waals surface area contributed by atoms with Crippen molar-refractivity contribution in [3.63, 3.8) is 0 Å². The van der Waals surface area contributed by atoms with Crippen molar-refractivity contribution < 1.29 is 31.5 Å². The topological polar surface area (TPSA) is 97.0 Å². The van der Waals surface area contributed by atoms with Crippen LogP contribution in [0.15, 0.2) is 42.5 Å². The number of benzene rings is 2. The zero-order chi connectivity index (χ0) is 28.1. The number of hydrogen-bond acceptors (Lipinski definition) is 6. The second-order valence-electron chi connectivity index (χ2n) is 10.6. The number of likely N-dealkylation sites (N-methyl/N-ethyl adjacent to an activating group) is 1. The fraction of sp³-hybridized carbons (Fsp3) is 0.519. The Labute approximate surface area is 223 Å². The van der Waals surface area contributed by atoms with Gasteiger partial charge in [0.15, 0.2) is 0 Å². The number of rotatable bonds is 10. The van der Waals surface area contributed by atoms with Crippen molar-refractivity contribution in [2.75, 3.05) is 32.8 Å². The first kappa shape index (κ1) is 29.8. The number of alkyl halides is 1. The van der Waals surface area contributed by atoms with E-state index in [0.717, 1.165) is 0 Å². The average Bonchev–Trinajstić information content (AvgIpc) is 3.18. The highest BCUT2D eigenvalue weighted by Crippen LogP contribution is 2.34. The van der Waals surface area contributed by atoms with E-state index in [9.17, 15) is 17.6 Å². The summed E-state index contributed by atoms with van der Waals surface area (Å²) in [5, 5.41) is 3.23. The fourth-order valence-corrected chi connectivity index (χ4v) is 5.22. The van der Waals surface area contributed by atoms with E-state index in [-0.39, 0.29) is 25.5 Å². The maximum atomic E-state index is 15.8. The van der Waals surface area contributed by atoms with Crippen molar-refractivity contribution in [2.24, 2.45) is 5.92 Å². The molecule has 2 aromatic rings. The van der Waals surface area contributed by atoms with Crippen LogP contribution in [-0.4, -0.2) is 69.8 Å². The van der Waals surface area contributed by atoms with Crippen molar-refractivity contribution in [1.82, 2.24) is 14.9 Å². The molecule has 1 aliphatic heterocycles. The van der Waals surface area contributed by atoms with Crippen LogP contribution in [0.25, 0.3) is 11.1 Å². The first-order valence-corrected chi connectivity index (χ1v) is 14.2. The van der Waals surface area contributed by atoms with Gasteiger partial charge in [-0.15, -0.1) is 0 Å². The molecule has 0 radical (unpaired) electrons. The first-order chi connectivity index (χ1) is 17.8. The van der Waals surface area contributed by atoms with Crippen molar-refractivity contribution in [2.45, 2.75) is 51.8 Å². The highest BCUT2D eigenvalue weighted by atomic mass is 32.2. The largest absolute Gasteiger partial charge is 0.491 e. The number of para-hydroxylation sites is 1. The van der Waals surface area contributed by atoms with Crippen LogP contribution in [0.3, 0.4) is 0 Å². The maximum Gasteiger partial charge on any atom is 0.410 e. The molecule has 0 aromatic heterocycles. The molecule has 8 nitrogen and oxygen atoms in total. The summed E-state index contributed by atoms with van der Waals surface area (Å²) in [5.41, 5.74) is 0.683. The minimum atomic E-state index is -4.06. The second kappa shape index (κ2) is 12.4. The lowest BCUT2D eigenvalue weighted by Crippen LogP contribution is -2.47. The van der Waals surface area contributed by atoms with Gasteiger partial charge in [0, 0.05) is 30.3 Å². The van der Waals surface area contributed by atoms with Crippen LogP contribution in [0, 0.1) is 11.7 Å². The minimum absolute atomic E-state index is 0.0829. The van der Waals surface area contributed by atoms with E-state index in [1.54, 1.807) is 70.3 Å². The highest BCUT2D eigenvalue weighted by molar-refractivity contribution is 7.89. The van der Waals surface area contributed by atoms with E-state index in [1.165, 1.54) is 4.90 Å². The van der Waals surface area contributed by atoms with E-state index in [4.69, 9.17) is 9.47 Å². The fourth-order valence-electron chi connectivity index (χ4n) is 4.35. The van der Waals surface area contributed by atoms with E-state index < -0.39 is 45.6 Å². The summed E-state index contributed by atoms with van der Waals surface area (Å²) in [6.07, 6.45) is -0.247. The lowest BCUT2D eigenvalue weighted by atomic mass is 9.93. The molecular weight excluding hydrogens is 516 g/mol. The molecule has 3 rings (SSSR count). The van der Waals surface area contributed by atoms with Crippen LogP contribution < -0.4 is 14.8 Å². The minimum Gasteiger partial charge on any atom is -0.491 e. The lowest BCUT2D eigenvalue weighted by molar-refractivity contribution is 0.0278. The van der Waals surface area contributed by atoms with Crippen LogP contribution in [0.5, 0.6) is 5.75 Å². The molecule has 0 saturated carbocycles. The monoisotopic (exact) mass is 553 g/mol. The van der Waals surface area contributed by atoms with Gasteiger partial charge < -0.3 is 19.7 Å². The molecule has 2 aromatic carbocycles. The molecule has 38 heavy (non-hydrogen) atoms. The molecular formula is C27H37F2N3O5S. The number of amides is 1. The van der Waals surface area contributed by atoms with Crippen molar-refractivity contribution >= 4 is 16.1 Å². The predicted octanol–water partition coefficient (Wildman–Crippen LogP) is 4.10. The standard InChI is InChI=1S/C27H37F2N3O5S/c1-18-16-30-22(25(18)31-38(34,35)17-28)15-19-9-8-11-21(24(19)29)20-10-6-7-12-23(20)36-14-13-32(5)26(33)37-27(2,3)4/h6-12,18,22,25,30-31H,13-17H2,1-5H3/t18-,22-,25-/m0/s1. The third-order valence-electron chi connectivity index (χ3n) is 6.29. The second-order valence-corrected chi connectivity index (χ2v) is 12.3. The van der Waals surface area contributed by atoms with E-state index >= 15 is 4.39 Å². The van der Waals surface area contributed by atoms with Gasteiger partial charge in [-0.1, -0.05) is 43.3 Å². The Morgan fingerprint density at radius 1 is 1.16 bits per heavy atom. The molecule has 2 N–H and O–H groups in total.